The molecule has 0 unspecified atom stereocenters. The number of carboxylic acids is 1. The Bertz CT molecular complexity index is 886. The van der Waals surface area contributed by atoms with Crippen LogP contribution in [0.4, 0.5) is 0 Å². The van der Waals surface area contributed by atoms with Gasteiger partial charge in [-0.1, -0.05) is 53.7 Å². The van der Waals surface area contributed by atoms with Crippen LogP contribution in [0.15, 0.2) is 36.4 Å². The van der Waals surface area contributed by atoms with Crippen LogP contribution in [-0.4, -0.2) is 39.6 Å². The molecule has 0 aliphatic heterocycles. The molecular weight excluding hydrogens is 408 g/mol. The van der Waals surface area contributed by atoms with Gasteiger partial charge in [0, 0.05) is 6.42 Å². The maximum atomic E-state index is 11.6. The molecule has 0 aliphatic carbocycles. The third kappa shape index (κ3) is 5.61. The van der Waals surface area contributed by atoms with Gasteiger partial charge in [-0.3, -0.25) is 4.79 Å². The summed E-state index contributed by atoms with van der Waals surface area (Å²) in [6.07, 6.45) is -0.0477. The number of phenolic OH excluding ortho intramolecular Hbond substituents is 2. The molecule has 2 aromatic carbocycles. The average Bonchev–Trinajstić information content (AvgIpc) is 2.67. The molecular formula is C26H36O6. The van der Waals surface area contributed by atoms with Crippen LogP contribution in [0.2, 0.25) is 0 Å². The van der Waals surface area contributed by atoms with E-state index in [1.165, 1.54) is 0 Å². The fourth-order valence-corrected chi connectivity index (χ4v) is 3.97. The van der Waals surface area contributed by atoms with Gasteiger partial charge >= 0.3 is 5.97 Å². The second kappa shape index (κ2) is 9.51. The number of benzene rings is 2. The summed E-state index contributed by atoms with van der Waals surface area (Å²) in [4.78, 5) is 11.6. The Morgan fingerprint density at radius 1 is 0.844 bits per heavy atom. The number of rotatable bonds is 8. The number of carboxylic acid groups (broad SMARTS) is 1. The molecule has 0 aliphatic rings. The van der Waals surface area contributed by atoms with Crippen molar-refractivity contribution in [3.05, 3.63) is 58.7 Å². The van der Waals surface area contributed by atoms with Gasteiger partial charge in [-0.05, 0) is 63.8 Å². The normalized spacial score (nSPS) is 12.7. The van der Waals surface area contributed by atoms with Crippen molar-refractivity contribution >= 4 is 5.97 Å². The van der Waals surface area contributed by atoms with Gasteiger partial charge in [0.2, 0.25) is 0 Å². The molecule has 4 N–H and O–H groups in total. The lowest BCUT2D eigenvalue weighted by atomic mass is 9.76. The molecule has 0 radical (unpaired) electrons. The lowest BCUT2D eigenvalue weighted by molar-refractivity contribution is -0.139. The van der Waals surface area contributed by atoms with E-state index < -0.39 is 11.6 Å². The van der Waals surface area contributed by atoms with Crippen LogP contribution in [0.3, 0.4) is 0 Å². The highest BCUT2D eigenvalue weighted by atomic mass is 16.5. The molecule has 0 saturated heterocycles. The Hall–Kier alpha value is -2.57. The van der Waals surface area contributed by atoms with Gasteiger partial charge in [0.1, 0.15) is 17.1 Å². The SMILES string of the molecule is CC(C)(C)c1cc(C(CCC(=O)O)(OCCO)c2ccc(O)c(C(C)(C)C)c2)ccc1O. The van der Waals surface area contributed by atoms with Crippen LogP contribution in [0.5, 0.6) is 11.5 Å². The fraction of sp³-hybridized carbons (Fsp3) is 0.500. The van der Waals surface area contributed by atoms with E-state index in [4.69, 9.17) is 4.74 Å². The van der Waals surface area contributed by atoms with Gasteiger partial charge in [0.25, 0.3) is 0 Å². The summed E-state index contributed by atoms with van der Waals surface area (Å²) in [5.41, 5.74) is 0.861. The average molecular weight is 445 g/mol. The van der Waals surface area contributed by atoms with Crippen molar-refractivity contribution < 1.29 is 30.0 Å². The number of aliphatic hydroxyl groups excluding tert-OH is 1. The highest BCUT2D eigenvalue weighted by Gasteiger charge is 2.38. The van der Waals surface area contributed by atoms with Crippen LogP contribution in [0.1, 0.15) is 76.6 Å². The first-order valence-corrected chi connectivity index (χ1v) is 10.9. The molecule has 2 aromatic rings. The van der Waals surface area contributed by atoms with E-state index in [0.29, 0.717) is 22.3 Å². The van der Waals surface area contributed by atoms with Gasteiger partial charge in [-0.15, -0.1) is 0 Å². The third-order valence-electron chi connectivity index (χ3n) is 5.67. The highest BCUT2D eigenvalue weighted by Crippen LogP contribution is 2.44. The lowest BCUT2D eigenvalue weighted by Gasteiger charge is -2.37. The number of aliphatic carboxylic acids is 1. The molecule has 0 aromatic heterocycles. The quantitative estimate of drug-likeness (QED) is 0.465. The summed E-state index contributed by atoms with van der Waals surface area (Å²) in [7, 11) is 0. The molecule has 0 spiro atoms. The van der Waals surface area contributed by atoms with Crippen LogP contribution in [0, 0.1) is 0 Å². The van der Waals surface area contributed by atoms with Crippen molar-refractivity contribution in [3.63, 3.8) is 0 Å². The fourth-order valence-electron chi connectivity index (χ4n) is 3.97. The summed E-state index contributed by atoms with van der Waals surface area (Å²) in [5, 5.41) is 40.0. The Balaban J connectivity index is 2.85. The van der Waals surface area contributed by atoms with E-state index in [1.54, 1.807) is 24.3 Å². The molecule has 176 valence electrons. The first kappa shape index (κ1) is 25.7. The number of hydrogen-bond acceptors (Lipinski definition) is 5. The van der Waals surface area contributed by atoms with Crippen LogP contribution < -0.4 is 0 Å². The standard InChI is InChI=1S/C26H36O6/c1-24(2,3)19-15-17(7-9-21(19)28)26(32-14-13-27,12-11-23(30)31)18-8-10-22(29)20(16-18)25(4,5)6/h7-10,15-16,27-29H,11-14H2,1-6H3,(H,30,31). The number of aromatic hydroxyl groups is 2. The monoisotopic (exact) mass is 444 g/mol. The number of carbonyl (C=O) groups is 1. The van der Waals surface area contributed by atoms with Crippen LogP contribution in [0.25, 0.3) is 0 Å². The number of phenols is 2. The minimum Gasteiger partial charge on any atom is -0.508 e. The summed E-state index contributed by atoms with van der Waals surface area (Å²) in [6.45, 7) is 11.7. The van der Waals surface area contributed by atoms with Gasteiger partial charge in [0.05, 0.1) is 13.2 Å². The lowest BCUT2D eigenvalue weighted by Crippen LogP contribution is -2.34. The molecule has 0 atom stereocenters. The summed E-state index contributed by atoms with van der Waals surface area (Å²) in [5.74, 6) is -0.667. The summed E-state index contributed by atoms with van der Waals surface area (Å²) in [6, 6.07) is 10.3. The molecule has 2 rings (SSSR count). The van der Waals surface area contributed by atoms with Crippen molar-refractivity contribution in [1.82, 2.24) is 0 Å². The van der Waals surface area contributed by atoms with E-state index in [2.05, 4.69) is 0 Å². The first-order chi connectivity index (χ1) is 14.7. The Labute approximate surface area is 190 Å². The van der Waals surface area contributed by atoms with Crippen molar-refractivity contribution in [2.45, 2.75) is 70.8 Å². The maximum absolute atomic E-state index is 11.6. The Morgan fingerprint density at radius 2 is 1.28 bits per heavy atom. The van der Waals surface area contributed by atoms with Crippen LogP contribution >= 0.6 is 0 Å². The van der Waals surface area contributed by atoms with E-state index in [1.807, 2.05) is 53.7 Å². The van der Waals surface area contributed by atoms with Crippen molar-refractivity contribution in [1.29, 1.82) is 0 Å². The zero-order valence-electron chi connectivity index (χ0n) is 19.9. The molecule has 6 nitrogen and oxygen atoms in total. The minimum atomic E-state index is -1.19. The van der Waals surface area contributed by atoms with Gasteiger partial charge in [-0.2, -0.15) is 0 Å². The second-order valence-electron chi connectivity index (χ2n) is 10.3. The minimum absolute atomic E-state index is 0.00290. The highest BCUT2D eigenvalue weighted by molar-refractivity contribution is 5.67. The molecule has 6 heteroatoms. The number of hydrogen-bond donors (Lipinski definition) is 4. The molecule has 0 saturated carbocycles. The largest absolute Gasteiger partial charge is 0.508 e. The smallest absolute Gasteiger partial charge is 0.303 e. The molecule has 32 heavy (non-hydrogen) atoms. The van der Waals surface area contributed by atoms with E-state index in [9.17, 15) is 25.2 Å². The van der Waals surface area contributed by atoms with Gasteiger partial charge in [0.15, 0.2) is 0 Å². The molecule has 0 amide bonds. The first-order valence-electron chi connectivity index (χ1n) is 10.9. The number of ether oxygens (including phenoxy) is 1. The summed E-state index contributed by atoms with van der Waals surface area (Å²) < 4.78 is 6.24. The third-order valence-corrected chi connectivity index (χ3v) is 5.67. The predicted molar refractivity (Wildman–Crippen MR) is 124 cm³/mol. The Kier molecular flexibility index (Phi) is 7.63. The van der Waals surface area contributed by atoms with E-state index >= 15 is 0 Å². The summed E-state index contributed by atoms with van der Waals surface area (Å²) >= 11 is 0. The zero-order valence-corrected chi connectivity index (χ0v) is 19.9. The molecule has 0 heterocycles. The topological polar surface area (TPSA) is 107 Å². The maximum Gasteiger partial charge on any atom is 0.303 e. The predicted octanol–water partition coefficient (Wildman–Crippen LogP) is 4.81. The second-order valence-corrected chi connectivity index (χ2v) is 10.3. The van der Waals surface area contributed by atoms with E-state index in [-0.39, 0.29) is 48.4 Å². The zero-order chi connectivity index (χ0) is 24.3. The van der Waals surface area contributed by atoms with Crippen molar-refractivity contribution in [2.75, 3.05) is 13.2 Å². The Morgan fingerprint density at radius 3 is 1.62 bits per heavy atom. The van der Waals surface area contributed by atoms with E-state index in [0.717, 1.165) is 0 Å². The van der Waals surface area contributed by atoms with Crippen LogP contribution in [-0.2, 0) is 26.0 Å². The van der Waals surface area contributed by atoms with Gasteiger partial charge < -0.3 is 25.2 Å². The van der Waals surface area contributed by atoms with Crippen molar-refractivity contribution in [3.8, 4) is 11.5 Å². The van der Waals surface area contributed by atoms with Crippen molar-refractivity contribution in [2.24, 2.45) is 0 Å². The molecule has 0 bridgehead atoms. The van der Waals surface area contributed by atoms with Gasteiger partial charge in [-0.25, -0.2) is 0 Å². The molecule has 0 fully saturated rings. The number of aliphatic hydroxyl groups is 1.